The van der Waals surface area contributed by atoms with Crippen LogP contribution in [0.4, 0.5) is 13.2 Å². The van der Waals surface area contributed by atoms with Crippen molar-refractivity contribution in [2.75, 3.05) is 6.54 Å². The predicted octanol–water partition coefficient (Wildman–Crippen LogP) is 2.59. The molecule has 0 spiro atoms. The monoisotopic (exact) mass is 326 g/mol. The zero-order valence-corrected chi connectivity index (χ0v) is 12.6. The van der Waals surface area contributed by atoms with Gasteiger partial charge in [-0.25, -0.2) is 0 Å². The number of likely N-dealkylation sites (tertiary alicyclic amines) is 1. The molecule has 1 heterocycles. The minimum atomic E-state index is -4.44. The Morgan fingerprint density at radius 3 is 2.65 bits per heavy atom. The van der Waals surface area contributed by atoms with Gasteiger partial charge in [-0.05, 0) is 43.0 Å². The maximum Gasteiger partial charge on any atom is 0.416 e. The molecule has 0 aromatic heterocycles. The van der Waals surface area contributed by atoms with Crippen molar-refractivity contribution in [3.63, 3.8) is 0 Å². The molecule has 4 nitrogen and oxygen atoms in total. The molecule has 7 heteroatoms. The van der Waals surface area contributed by atoms with Crippen LogP contribution in [0.1, 0.15) is 30.9 Å². The lowest BCUT2D eigenvalue weighted by molar-refractivity contribution is -0.137. The first-order chi connectivity index (χ1) is 10.7. The highest BCUT2D eigenvalue weighted by molar-refractivity contribution is 5.97. The van der Waals surface area contributed by atoms with Crippen molar-refractivity contribution in [1.82, 2.24) is 4.90 Å². The number of alkyl halides is 3. The van der Waals surface area contributed by atoms with E-state index in [9.17, 15) is 22.8 Å². The highest BCUT2D eigenvalue weighted by Gasteiger charge is 2.32. The second-order valence-electron chi connectivity index (χ2n) is 5.50. The van der Waals surface area contributed by atoms with Gasteiger partial charge in [0.05, 0.1) is 5.56 Å². The summed E-state index contributed by atoms with van der Waals surface area (Å²) in [7, 11) is 0. The Labute approximate surface area is 131 Å². The number of carbonyl (C=O) groups excluding carboxylic acids is 2. The van der Waals surface area contributed by atoms with Gasteiger partial charge in [-0.3, -0.25) is 9.59 Å². The summed E-state index contributed by atoms with van der Waals surface area (Å²) < 4.78 is 38.2. The lowest BCUT2D eigenvalue weighted by Crippen LogP contribution is -2.43. The van der Waals surface area contributed by atoms with Gasteiger partial charge in [-0.15, -0.1) is 0 Å². The summed E-state index contributed by atoms with van der Waals surface area (Å²) in [5, 5.41) is 0. The van der Waals surface area contributed by atoms with Crippen LogP contribution in [0.25, 0.3) is 5.57 Å². The van der Waals surface area contributed by atoms with E-state index in [1.54, 1.807) is 6.92 Å². The van der Waals surface area contributed by atoms with Crippen LogP contribution >= 0.6 is 0 Å². The fourth-order valence-electron chi connectivity index (χ4n) is 2.62. The molecule has 2 amide bonds. The molecule has 2 N–H and O–H groups in total. The van der Waals surface area contributed by atoms with Gasteiger partial charge in [0.15, 0.2) is 0 Å². The highest BCUT2D eigenvalue weighted by atomic mass is 19.4. The lowest BCUT2D eigenvalue weighted by Gasteiger charge is -2.21. The first-order valence-electron chi connectivity index (χ1n) is 7.16. The quantitative estimate of drug-likeness (QED) is 0.868. The highest BCUT2D eigenvalue weighted by Crippen LogP contribution is 2.31. The third-order valence-corrected chi connectivity index (χ3v) is 3.85. The van der Waals surface area contributed by atoms with E-state index in [1.807, 2.05) is 0 Å². The topological polar surface area (TPSA) is 63.4 Å². The summed E-state index contributed by atoms with van der Waals surface area (Å²) >= 11 is 0. The molecule has 1 aromatic carbocycles. The number of halogens is 3. The summed E-state index contributed by atoms with van der Waals surface area (Å²) in [4.78, 5) is 24.9. The van der Waals surface area contributed by atoms with Gasteiger partial charge in [0.25, 0.3) is 0 Å². The minimum absolute atomic E-state index is 0.308. The van der Waals surface area contributed by atoms with Crippen molar-refractivity contribution >= 4 is 17.4 Å². The van der Waals surface area contributed by atoms with E-state index in [0.29, 0.717) is 30.5 Å². The van der Waals surface area contributed by atoms with E-state index in [0.717, 1.165) is 12.1 Å². The van der Waals surface area contributed by atoms with E-state index in [2.05, 4.69) is 0 Å². The fraction of sp³-hybridized carbons (Fsp3) is 0.375. The summed E-state index contributed by atoms with van der Waals surface area (Å²) in [5.74, 6) is -0.984. The van der Waals surface area contributed by atoms with E-state index in [1.165, 1.54) is 23.1 Å². The largest absolute Gasteiger partial charge is 0.416 e. The van der Waals surface area contributed by atoms with Crippen LogP contribution in [0.2, 0.25) is 0 Å². The molecule has 1 saturated heterocycles. The predicted molar refractivity (Wildman–Crippen MR) is 79.0 cm³/mol. The number of nitrogens with zero attached hydrogens (tertiary/aromatic N) is 1. The maximum absolute atomic E-state index is 12.7. The molecule has 1 atom stereocenters. The zero-order valence-electron chi connectivity index (χ0n) is 12.6. The average molecular weight is 326 g/mol. The van der Waals surface area contributed by atoms with E-state index < -0.39 is 29.6 Å². The Morgan fingerprint density at radius 1 is 1.35 bits per heavy atom. The van der Waals surface area contributed by atoms with Gasteiger partial charge >= 0.3 is 6.18 Å². The van der Waals surface area contributed by atoms with Crippen LogP contribution in [-0.2, 0) is 15.8 Å². The van der Waals surface area contributed by atoms with Crippen molar-refractivity contribution in [1.29, 1.82) is 0 Å². The number of allylic oxidation sites excluding steroid dienone is 1. The number of rotatable bonds is 3. The van der Waals surface area contributed by atoms with Crippen LogP contribution in [-0.4, -0.2) is 29.3 Å². The molecule has 0 aliphatic carbocycles. The number of carbonyl (C=O) groups is 2. The number of hydrogen-bond donors (Lipinski definition) is 1. The Morgan fingerprint density at radius 2 is 2.04 bits per heavy atom. The summed E-state index contributed by atoms with van der Waals surface area (Å²) in [6.45, 7) is 1.97. The molecule has 1 aliphatic heterocycles. The molecule has 1 unspecified atom stereocenters. The summed E-state index contributed by atoms with van der Waals surface area (Å²) in [6.07, 6.45) is -2.00. The van der Waals surface area contributed by atoms with Gasteiger partial charge < -0.3 is 10.6 Å². The molecule has 1 aliphatic rings. The van der Waals surface area contributed by atoms with Gasteiger partial charge in [0.2, 0.25) is 11.8 Å². The molecule has 0 radical (unpaired) electrons. The molecule has 124 valence electrons. The number of primary amides is 1. The second kappa shape index (κ2) is 6.44. The normalized spacial score (nSPS) is 19.0. The Kier molecular flexibility index (Phi) is 4.77. The molecule has 1 aromatic rings. The first kappa shape index (κ1) is 17.1. The van der Waals surface area contributed by atoms with Crippen LogP contribution in [0.5, 0.6) is 0 Å². The van der Waals surface area contributed by atoms with Gasteiger partial charge in [-0.2, -0.15) is 13.2 Å². The molecular formula is C16H17F3N2O2. The van der Waals surface area contributed by atoms with Crippen molar-refractivity contribution < 1.29 is 22.8 Å². The molecule has 1 fully saturated rings. The van der Waals surface area contributed by atoms with Crippen LogP contribution in [0.3, 0.4) is 0 Å². The summed E-state index contributed by atoms with van der Waals surface area (Å²) in [5.41, 5.74) is 5.19. The van der Waals surface area contributed by atoms with Gasteiger partial charge in [-0.1, -0.05) is 12.1 Å². The van der Waals surface area contributed by atoms with Crippen molar-refractivity contribution in [2.24, 2.45) is 5.73 Å². The molecule has 23 heavy (non-hydrogen) atoms. The third-order valence-electron chi connectivity index (χ3n) is 3.85. The maximum atomic E-state index is 12.7. The van der Waals surface area contributed by atoms with Crippen molar-refractivity contribution in [2.45, 2.75) is 32.0 Å². The zero-order chi connectivity index (χ0) is 17.2. The van der Waals surface area contributed by atoms with Crippen molar-refractivity contribution in [3.05, 3.63) is 41.5 Å². The van der Waals surface area contributed by atoms with Crippen molar-refractivity contribution in [3.8, 4) is 0 Å². The Bertz CT molecular complexity index is 653. The van der Waals surface area contributed by atoms with E-state index in [-0.39, 0.29) is 0 Å². The molecule has 0 bridgehead atoms. The van der Waals surface area contributed by atoms with Gasteiger partial charge in [0.1, 0.15) is 6.04 Å². The van der Waals surface area contributed by atoms with Gasteiger partial charge in [0, 0.05) is 12.6 Å². The Balaban J connectivity index is 2.22. The fourth-order valence-corrected chi connectivity index (χ4v) is 2.62. The first-order valence-corrected chi connectivity index (χ1v) is 7.16. The SMILES string of the molecule is C/C(=C/C(=O)N1CCCC1C(N)=O)c1cccc(C(F)(F)F)c1. The smallest absolute Gasteiger partial charge is 0.368 e. The van der Waals surface area contributed by atoms with Crippen LogP contribution in [0, 0.1) is 0 Å². The minimum Gasteiger partial charge on any atom is -0.368 e. The van der Waals surface area contributed by atoms with Crippen LogP contribution < -0.4 is 5.73 Å². The molecule has 0 saturated carbocycles. The van der Waals surface area contributed by atoms with Crippen LogP contribution in [0.15, 0.2) is 30.3 Å². The van der Waals surface area contributed by atoms with E-state index >= 15 is 0 Å². The Hall–Kier alpha value is -2.31. The average Bonchev–Trinajstić information content (AvgIpc) is 2.96. The lowest BCUT2D eigenvalue weighted by atomic mass is 10.0. The number of amides is 2. The standard InChI is InChI=1S/C16H17F3N2O2/c1-10(11-4-2-5-12(9-11)16(17,18)19)8-14(22)21-7-3-6-13(21)15(20)23/h2,4-5,8-9,13H,3,6-7H2,1H3,(H2,20,23)/b10-8-. The molecule has 2 rings (SSSR count). The summed E-state index contributed by atoms with van der Waals surface area (Å²) in [6, 6.07) is 4.12. The van der Waals surface area contributed by atoms with E-state index in [4.69, 9.17) is 5.73 Å². The number of benzene rings is 1. The third kappa shape index (κ3) is 3.91. The molecular weight excluding hydrogens is 309 g/mol. The number of hydrogen-bond acceptors (Lipinski definition) is 2. The second-order valence-corrected chi connectivity index (χ2v) is 5.50. The number of nitrogens with two attached hydrogens (primary N) is 1.